The Morgan fingerprint density at radius 3 is 2.77 bits per heavy atom. The number of fused-ring (bicyclic) bond motifs is 1. The fraction of sp³-hybridized carbons (Fsp3) is 0.625. The number of piperazine rings is 1. The Balaban J connectivity index is 1.42. The maximum Gasteiger partial charge on any atom is 0.282 e. The Morgan fingerprint density at radius 1 is 1.27 bits per heavy atom. The van der Waals surface area contributed by atoms with Crippen molar-refractivity contribution in [3.8, 4) is 0 Å². The standard InChI is InChI=1S/C16H23N7O2S/c1-21(12-8-17-9-12)26(24,25)23-7-6-22(10-16(23)3-4-16)15-13-2-5-18-14(13)19-11-20-15/h2,5,11-12,17H,3-4,6-10H2,1H3,(H,18,19,20). The first-order chi connectivity index (χ1) is 12.5. The van der Waals surface area contributed by atoms with E-state index in [1.807, 2.05) is 12.3 Å². The van der Waals surface area contributed by atoms with Crippen LogP contribution in [0, 0.1) is 0 Å². The molecule has 1 spiro atoms. The molecule has 2 aromatic rings. The zero-order chi connectivity index (χ0) is 17.9. The topological polar surface area (TPSA) is 97.5 Å². The van der Waals surface area contributed by atoms with Gasteiger partial charge in [-0.2, -0.15) is 17.0 Å². The molecule has 3 aliphatic rings. The largest absolute Gasteiger partial charge is 0.353 e. The van der Waals surface area contributed by atoms with Crippen LogP contribution in [0.15, 0.2) is 18.6 Å². The lowest BCUT2D eigenvalue weighted by atomic mass is 10.2. The van der Waals surface area contributed by atoms with Gasteiger partial charge in [-0.1, -0.05) is 0 Å². The Hall–Kier alpha value is -1.75. The molecule has 0 radical (unpaired) electrons. The third-order valence-corrected chi connectivity index (χ3v) is 8.12. The van der Waals surface area contributed by atoms with E-state index in [1.165, 1.54) is 0 Å². The van der Waals surface area contributed by atoms with E-state index in [4.69, 9.17) is 0 Å². The summed E-state index contributed by atoms with van der Waals surface area (Å²) in [4.78, 5) is 14.0. The van der Waals surface area contributed by atoms with E-state index < -0.39 is 10.2 Å². The summed E-state index contributed by atoms with van der Waals surface area (Å²) >= 11 is 0. The summed E-state index contributed by atoms with van der Waals surface area (Å²) < 4.78 is 29.6. The monoisotopic (exact) mass is 377 g/mol. The minimum absolute atomic E-state index is 0.0650. The lowest BCUT2D eigenvalue weighted by Gasteiger charge is -2.45. The van der Waals surface area contributed by atoms with Gasteiger partial charge in [-0.25, -0.2) is 9.97 Å². The van der Waals surface area contributed by atoms with Gasteiger partial charge < -0.3 is 15.2 Å². The van der Waals surface area contributed by atoms with Gasteiger partial charge >= 0.3 is 0 Å². The van der Waals surface area contributed by atoms with Gasteiger partial charge in [0.1, 0.15) is 17.8 Å². The number of H-pyrrole nitrogens is 1. The molecule has 0 unspecified atom stereocenters. The molecule has 1 saturated carbocycles. The molecule has 9 nitrogen and oxygen atoms in total. The van der Waals surface area contributed by atoms with Gasteiger partial charge in [0.15, 0.2) is 0 Å². The zero-order valence-electron chi connectivity index (χ0n) is 14.7. The molecule has 5 rings (SSSR count). The van der Waals surface area contributed by atoms with Crippen LogP contribution in [0.5, 0.6) is 0 Å². The second kappa shape index (κ2) is 5.62. The summed E-state index contributed by atoms with van der Waals surface area (Å²) in [6, 6.07) is 2.04. The van der Waals surface area contributed by atoms with E-state index in [2.05, 4.69) is 25.2 Å². The summed E-state index contributed by atoms with van der Waals surface area (Å²) in [7, 11) is -1.74. The molecule has 2 aliphatic heterocycles. The lowest BCUT2D eigenvalue weighted by molar-refractivity contribution is 0.216. The van der Waals surface area contributed by atoms with Gasteiger partial charge in [-0.05, 0) is 18.9 Å². The summed E-state index contributed by atoms with van der Waals surface area (Å²) in [5, 5.41) is 4.13. The predicted octanol–water partition coefficient (Wildman–Crippen LogP) is -0.239. The van der Waals surface area contributed by atoms with Gasteiger partial charge in [-0.15, -0.1) is 0 Å². The minimum Gasteiger partial charge on any atom is -0.353 e. The van der Waals surface area contributed by atoms with Crippen LogP contribution in [-0.4, -0.2) is 83.3 Å². The third-order valence-electron chi connectivity index (χ3n) is 5.96. The van der Waals surface area contributed by atoms with E-state index >= 15 is 0 Å². The average Bonchev–Trinajstić information content (AvgIpc) is 3.16. The van der Waals surface area contributed by atoms with E-state index in [9.17, 15) is 8.42 Å². The molecular formula is C16H23N7O2S. The van der Waals surface area contributed by atoms with Crippen molar-refractivity contribution in [2.45, 2.75) is 24.4 Å². The molecule has 0 bridgehead atoms. The van der Waals surface area contributed by atoms with Gasteiger partial charge in [-0.3, -0.25) is 0 Å². The van der Waals surface area contributed by atoms with Crippen molar-refractivity contribution < 1.29 is 8.42 Å². The molecule has 140 valence electrons. The number of nitrogens with one attached hydrogen (secondary N) is 2. The van der Waals surface area contributed by atoms with Crippen LogP contribution in [0.4, 0.5) is 5.82 Å². The van der Waals surface area contributed by atoms with Crippen LogP contribution in [0.1, 0.15) is 12.8 Å². The molecular weight excluding hydrogens is 354 g/mol. The maximum absolute atomic E-state index is 13.2. The Bertz CT molecular complexity index is 935. The van der Waals surface area contributed by atoms with Gasteiger partial charge in [0.05, 0.1) is 17.0 Å². The van der Waals surface area contributed by atoms with Crippen molar-refractivity contribution in [3.05, 3.63) is 18.6 Å². The molecule has 4 heterocycles. The molecule has 26 heavy (non-hydrogen) atoms. The number of nitrogens with zero attached hydrogens (tertiary/aromatic N) is 5. The van der Waals surface area contributed by atoms with Crippen LogP contribution in [0.25, 0.3) is 11.0 Å². The molecule has 2 aromatic heterocycles. The van der Waals surface area contributed by atoms with E-state index in [1.54, 1.807) is 22.0 Å². The Morgan fingerprint density at radius 2 is 2.08 bits per heavy atom. The van der Waals surface area contributed by atoms with Crippen molar-refractivity contribution in [2.24, 2.45) is 0 Å². The van der Waals surface area contributed by atoms with Crippen molar-refractivity contribution in [1.29, 1.82) is 0 Å². The summed E-state index contributed by atoms with van der Waals surface area (Å²) in [6.07, 6.45) is 5.23. The Labute approximate surface area is 152 Å². The number of hydrogen-bond acceptors (Lipinski definition) is 6. The number of likely N-dealkylation sites (N-methyl/N-ethyl adjacent to an activating group) is 1. The second-order valence-corrected chi connectivity index (χ2v) is 9.40. The third kappa shape index (κ3) is 2.36. The van der Waals surface area contributed by atoms with E-state index in [0.29, 0.717) is 19.6 Å². The highest BCUT2D eigenvalue weighted by molar-refractivity contribution is 7.86. The SMILES string of the molecule is CN(C1CNC1)S(=O)(=O)N1CCN(c2ncnc3[nH]ccc23)CC12CC2. The molecule has 10 heteroatoms. The van der Waals surface area contributed by atoms with Crippen LogP contribution in [-0.2, 0) is 10.2 Å². The number of aromatic nitrogens is 3. The van der Waals surface area contributed by atoms with Gasteiger partial charge in [0.25, 0.3) is 10.2 Å². The second-order valence-electron chi connectivity index (χ2n) is 7.49. The van der Waals surface area contributed by atoms with Crippen LogP contribution < -0.4 is 10.2 Å². The minimum atomic E-state index is -3.44. The number of hydrogen-bond donors (Lipinski definition) is 2. The molecule has 0 atom stereocenters. The van der Waals surface area contributed by atoms with Gasteiger partial charge in [0.2, 0.25) is 0 Å². The maximum atomic E-state index is 13.2. The quantitative estimate of drug-likeness (QED) is 0.763. The number of anilines is 1. The fourth-order valence-electron chi connectivity index (χ4n) is 4.04. The van der Waals surface area contributed by atoms with E-state index in [-0.39, 0.29) is 11.6 Å². The van der Waals surface area contributed by atoms with Gasteiger partial charge in [0, 0.05) is 46.0 Å². The normalized spacial score (nSPS) is 23.7. The molecule has 3 fully saturated rings. The first-order valence-electron chi connectivity index (χ1n) is 9.01. The zero-order valence-corrected chi connectivity index (χ0v) is 15.5. The van der Waals surface area contributed by atoms with Crippen molar-refractivity contribution >= 4 is 27.1 Å². The lowest BCUT2D eigenvalue weighted by Crippen LogP contribution is -2.64. The highest BCUT2D eigenvalue weighted by atomic mass is 32.2. The first-order valence-corrected chi connectivity index (χ1v) is 10.4. The molecule has 2 N–H and O–H groups in total. The highest BCUT2D eigenvalue weighted by Gasteiger charge is 2.57. The highest BCUT2D eigenvalue weighted by Crippen LogP contribution is 2.47. The predicted molar refractivity (Wildman–Crippen MR) is 98.1 cm³/mol. The van der Waals surface area contributed by atoms with Crippen LogP contribution in [0.3, 0.4) is 0 Å². The molecule has 0 aromatic carbocycles. The first kappa shape index (κ1) is 16.4. The summed E-state index contributed by atoms with van der Waals surface area (Å²) in [5.41, 5.74) is 0.517. The number of rotatable bonds is 4. The van der Waals surface area contributed by atoms with Crippen LogP contribution in [0.2, 0.25) is 0 Å². The average molecular weight is 377 g/mol. The number of aromatic amines is 1. The fourth-order valence-corrected chi connectivity index (χ4v) is 5.92. The molecule has 0 amide bonds. The van der Waals surface area contributed by atoms with Crippen molar-refractivity contribution in [2.75, 3.05) is 44.7 Å². The smallest absolute Gasteiger partial charge is 0.282 e. The van der Waals surface area contributed by atoms with Crippen molar-refractivity contribution in [1.82, 2.24) is 28.9 Å². The van der Waals surface area contributed by atoms with E-state index in [0.717, 1.165) is 42.8 Å². The van der Waals surface area contributed by atoms with Crippen molar-refractivity contribution in [3.63, 3.8) is 0 Å². The van der Waals surface area contributed by atoms with Crippen LogP contribution >= 0.6 is 0 Å². The molecule has 1 aliphatic carbocycles. The summed E-state index contributed by atoms with van der Waals surface area (Å²) in [6.45, 7) is 3.27. The molecule has 2 saturated heterocycles. The summed E-state index contributed by atoms with van der Waals surface area (Å²) in [5.74, 6) is 0.885. The Kier molecular flexibility index (Phi) is 3.55.